The number of phenols is 8. The number of rotatable bonds is 40. The molecular weight excluding hydrogens is 1860 g/mol. The average molecular weight is 1980 g/mol. The van der Waals surface area contributed by atoms with Crippen molar-refractivity contribution in [1.29, 1.82) is 0 Å². The molecular formula is C80H120O28Si16. The minimum atomic E-state index is -5.86. The van der Waals surface area contributed by atoms with Gasteiger partial charge in [-0.1, -0.05) is 97.1 Å². The summed E-state index contributed by atoms with van der Waals surface area (Å²) < 4.78 is 165. The molecule has 6 aliphatic heterocycles. The fourth-order valence-corrected chi connectivity index (χ4v) is 87.6. The van der Waals surface area contributed by atoms with Crippen LogP contribution in [0.5, 0.6) is 46.0 Å². The molecule has 44 heteroatoms. The lowest BCUT2D eigenvalue weighted by atomic mass is 10.2. The number of hydrogen-bond acceptors (Lipinski definition) is 28. The van der Waals surface area contributed by atoms with Crippen LogP contribution in [0.4, 0.5) is 0 Å². The summed E-state index contributed by atoms with van der Waals surface area (Å²) in [6, 6.07) is 58.3. The van der Waals surface area contributed by atoms with Gasteiger partial charge in [0.15, 0.2) is 66.5 Å². The van der Waals surface area contributed by atoms with Crippen molar-refractivity contribution in [3.63, 3.8) is 0 Å². The van der Waals surface area contributed by atoms with Crippen LogP contribution in [0.15, 0.2) is 194 Å². The first-order chi connectivity index (χ1) is 57.9. The summed E-state index contributed by atoms with van der Waals surface area (Å²) in [4.78, 5) is 0. The molecule has 6 heterocycles. The normalized spacial score (nSPS) is 25.0. The number of hydrogen-bond donors (Lipinski definition) is 8. The third-order valence-electron chi connectivity index (χ3n) is 21.8. The van der Waals surface area contributed by atoms with Crippen molar-refractivity contribution < 1.29 is 123 Å². The van der Waals surface area contributed by atoms with Gasteiger partial charge in [-0.25, -0.2) is 0 Å². The van der Waals surface area contributed by atoms with Crippen LogP contribution in [0.2, 0.25) is 153 Å². The van der Waals surface area contributed by atoms with Crippen molar-refractivity contribution in [2.75, 3.05) is 0 Å². The maximum atomic E-state index is 10.7. The van der Waals surface area contributed by atoms with Gasteiger partial charge in [-0.2, -0.15) is 0 Å². The molecule has 0 saturated carbocycles. The first kappa shape index (κ1) is 96.4. The molecule has 6 saturated heterocycles. The highest BCUT2D eigenvalue weighted by molar-refractivity contribution is 7.05. The van der Waals surface area contributed by atoms with Crippen molar-refractivity contribution in [3.8, 4) is 46.0 Å². The molecule has 8 bridgehead atoms. The highest BCUT2D eigenvalue weighted by Crippen LogP contribution is 2.55. The minimum Gasteiger partial charge on any atom is -0.508 e. The first-order valence-electron chi connectivity index (χ1n) is 42.2. The van der Waals surface area contributed by atoms with E-state index in [1.807, 2.05) is 202 Å². The first-order valence-corrected chi connectivity index (χ1v) is 80.2. The number of aromatic hydroxyl groups is 8. The van der Waals surface area contributed by atoms with Crippen LogP contribution in [0, 0.1) is 0 Å². The van der Waals surface area contributed by atoms with Crippen LogP contribution >= 0.6 is 0 Å². The van der Waals surface area contributed by atoms with E-state index in [-0.39, 0.29) is 46.0 Å². The summed E-state index contributed by atoms with van der Waals surface area (Å²) in [6.07, 6.45) is 3.27. The van der Waals surface area contributed by atoms with Gasteiger partial charge in [0, 0.05) is 0 Å². The molecule has 6 aliphatic rings. The molecule has 0 spiro atoms. The maximum absolute atomic E-state index is 10.7. The van der Waals surface area contributed by atoms with Gasteiger partial charge < -0.3 is 123 Å². The molecule has 14 rings (SSSR count). The predicted octanol–water partition coefficient (Wildman–Crippen LogP) is 17.1. The van der Waals surface area contributed by atoms with Crippen LogP contribution in [-0.4, -0.2) is 180 Å². The zero-order valence-electron chi connectivity index (χ0n) is 73.5. The summed E-state index contributed by atoms with van der Waals surface area (Å²) in [6.45, 7) is 31.9. The summed E-state index contributed by atoms with van der Waals surface area (Å²) in [7, 11) is -75.9. The zero-order chi connectivity index (χ0) is 89.3. The Labute approximate surface area is 745 Å². The van der Waals surface area contributed by atoms with E-state index in [0.29, 0.717) is 99.7 Å². The Morgan fingerprint density at radius 3 is 0.323 bits per heavy atom. The van der Waals surface area contributed by atoms with Crippen molar-refractivity contribution >= 4 is 139 Å². The van der Waals surface area contributed by atoms with Crippen molar-refractivity contribution in [2.24, 2.45) is 0 Å². The van der Waals surface area contributed by atoms with Crippen molar-refractivity contribution in [2.45, 2.75) is 204 Å². The van der Waals surface area contributed by atoms with E-state index >= 15 is 0 Å². The average Bonchev–Trinajstić information content (AvgIpc) is 0.676. The quantitative estimate of drug-likeness (QED) is 0.0165. The van der Waals surface area contributed by atoms with E-state index in [4.69, 9.17) is 82.3 Å². The van der Waals surface area contributed by atoms with Crippen molar-refractivity contribution in [3.05, 3.63) is 239 Å². The minimum absolute atomic E-state index is 0.0890. The molecule has 0 amide bonds. The van der Waals surface area contributed by atoms with Crippen LogP contribution in [0.1, 0.15) is 44.5 Å². The van der Waals surface area contributed by atoms with Gasteiger partial charge in [-0.05, 0) is 346 Å². The Hall–Kier alpha value is -5.17. The lowest BCUT2D eigenvalue weighted by Gasteiger charge is -2.61. The molecule has 0 atom stereocenters. The molecule has 8 aromatic carbocycles. The number of phenolic OH excluding ortho intramolecular Hbond substituents is 8. The molecule has 8 N–H and O–H groups in total. The highest BCUT2D eigenvalue weighted by Gasteiger charge is 2.93. The van der Waals surface area contributed by atoms with E-state index in [9.17, 15) is 40.9 Å². The topological polar surface area (TPSA) is 346 Å². The van der Waals surface area contributed by atoms with Gasteiger partial charge in [0.2, 0.25) is 0 Å². The van der Waals surface area contributed by atoms with Gasteiger partial charge in [0.05, 0.1) is 0 Å². The fourth-order valence-electron chi connectivity index (χ4n) is 14.8. The molecule has 6 fully saturated rings. The monoisotopic (exact) mass is 1980 g/mol. The van der Waals surface area contributed by atoms with Gasteiger partial charge in [-0.15, -0.1) is 0 Å². The van der Waals surface area contributed by atoms with Crippen molar-refractivity contribution in [1.82, 2.24) is 0 Å². The van der Waals surface area contributed by atoms with Gasteiger partial charge in [-0.3, -0.25) is 0 Å². The van der Waals surface area contributed by atoms with E-state index in [1.165, 1.54) is 0 Å². The second kappa shape index (κ2) is 37.6. The highest BCUT2D eigenvalue weighted by atomic mass is 28.7. The molecule has 0 aromatic heterocycles. The summed E-state index contributed by atoms with van der Waals surface area (Å²) in [5.74, 6) is 0.712. The largest absolute Gasteiger partial charge is 0.651 e. The summed E-state index contributed by atoms with van der Waals surface area (Å²) in [5.41, 5.74) is 6.99. The van der Waals surface area contributed by atoms with E-state index < -0.39 is 139 Å². The molecule has 0 aliphatic carbocycles. The summed E-state index contributed by atoms with van der Waals surface area (Å²) >= 11 is 0. The molecule has 0 radical (unpaired) electrons. The third kappa shape index (κ3) is 26.6. The number of benzene rings is 8. The second-order valence-electron chi connectivity index (χ2n) is 37.5. The van der Waals surface area contributed by atoms with Gasteiger partial charge in [0.1, 0.15) is 46.0 Å². The van der Waals surface area contributed by atoms with Crippen LogP contribution in [-0.2, 0) is 134 Å². The molecule has 124 heavy (non-hydrogen) atoms. The lowest BCUT2D eigenvalue weighted by Crippen LogP contribution is -2.93. The Kier molecular flexibility index (Phi) is 29.2. The standard InChI is InChI=1S/C80H120O28Si16/c1-109(2,57-49-65-17-33-73(81)34-18-65)89-117-97-118(90-110(3,4)58-50-66-19-35-74(82)36-20-66)100-121(93-113(9,10)61-53-69-25-41-77(85)42-26-69)102-119(98-117,91-111(5,6)59-51-67-21-37-75(83)38-22-67)104-123(95-115(13,14)63-55-71-29-45-79(87)46-30-71)105-120(99-117,92-112(7,8)60-52-68-23-39-76(84)40-24-68)103-122(101-118,94-114(11,12)62-54-70-27-43-78(86)44-28-70)107-124(106-121,108-123)96-116(15,16)64-56-72-31-47-80(88)48-32-72/h17-48,81-88H,49-64H2,1-16H3. The van der Waals surface area contributed by atoms with Gasteiger partial charge >= 0.3 is 72.4 Å². The number of aryl methyl sites for hydroxylation is 8. The predicted molar refractivity (Wildman–Crippen MR) is 501 cm³/mol. The Bertz CT molecular complexity index is 3910. The van der Waals surface area contributed by atoms with E-state index in [2.05, 4.69) is 0 Å². The Morgan fingerprint density at radius 1 is 0.161 bits per heavy atom. The van der Waals surface area contributed by atoms with Crippen LogP contribution in [0.3, 0.4) is 0 Å². The summed E-state index contributed by atoms with van der Waals surface area (Å²) in [5, 5.41) is 85.2. The van der Waals surface area contributed by atoms with Crippen LogP contribution < -0.4 is 0 Å². The molecule has 672 valence electrons. The Morgan fingerprint density at radius 2 is 0.242 bits per heavy atom. The van der Waals surface area contributed by atoms with Crippen LogP contribution in [0.25, 0.3) is 0 Å². The van der Waals surface area contributed by atoms with E-state index in [1.54, 1.807) is 97.1 Å². The third-order valence-corrected chi connectivity index (χ3v) is 83.1. The molecule has 8 aromatic rings. The maximum Gasteiger partial charge on any atom is 0.651 e. The Balaban J connectivity index is 1.13. The van der Waals surface area contributed by atoms with E-state index in [0.717, 1.165) is 44.5 Å². The molecule has 28 nitrogen and oxygen atoms in total. The second-order valence-corrected chi connectivity index (χ2v) is 93.9. The lowest BCUT2D eigenvalue weighted by molar-refractivity contribution is -0.129. The smallest absolute Gasteiger partial charge is 0.508 e. The fraction of sp³-hybridized carbons (Fsp3) is 0.400. The SMILES string of the molecule is C[Si](C)(CCc1ccc(O)cc1)O[Si]12O[Si]3(O[Si](C)(C)CCc4ccc(O)cc4)O[Si]4(O[Si](C)(C)CCc5ccc(O)cc5)O[Si](O[Si](C)(C)CCc5ccc(O)cc5)(O1)O[Si]1(O[Si](C)(C)CCc5ccc(O)cc5)O[Si](O[Si](C)(C)CCc5ccc(O)cc5)(O2)O[Si](O[Si](C)(C)CCc2ccc(O)cc2)(O3)O[Si](O[Si](C)(C)CCc2ccc(O)cc2)(O4)O1. The molecule has 0 unspecified atom stereocenters. The zero-order valence-corrected chi connectivity index (χ0v) is 89.5. The van der Waals surface area contributed by atoms with Gasteiger partial charge in [0.25, 0.3) is 0 Å².